The summed E-state index contributed by atoms with van der Waals surface area (Å²) in [7, 11) is 0. The number of alkyl halides is 1. The Morgan fingerprint density at radius 3 is 2.46 bits per heavy atom. The van der Waals surface area contributed by atoms with E-state index in [2.05, 4.69) is 21.7 Å². The van der Waals surface area contributed by atoms with Crippen molar-refractivity contribution >= 4 is 11.8 Å². The maximum atomic E-state index is 14.8. The van der Waals surface area contributed by atoms with E-state index in [9.17, 15) is 22.8 Å². The third kappa shape index (κ3) is 5.59. The standard InChI is InChI=1S/C25H28F3N5O2/c1-14(2)20-8-5-16(9-21(20)28)24(15-3-6-17(26)7-4-15)30-25(35)22-10-18(27)13-33(22)23(34)11-19-12-29-32-31-19/h3-9,12,14,18,22,24,29,31-32H,10-11,13H2,1-2H3,(H,30,35)/t18-,22+,24+/m1/s1. The fourth-order valence-electron chi connectivity index (χ4n) is 4.39. The van der Waals surface area contributed by atoms with Gasteiger partial charge in [-0.2, -0.15) is 5.53 Å². The summed E-state index contributed by atoms with van der Waals surface area (Å²) in [4.78, 5) is 27.4. The molecule has 2 aromatic rings. The van der Waals surface area contributed by atoms with Crippen LogP contribution in [0.4, 0.5) is 13.2 Å². The molecule has 1 saturated heterocycles. The second kappa shape index (κ2) is 10.4. The number of amides is 2. The SMILES string of the molecule is CC(C)c1ccc([C@@H](NC(=O)[C@@H]2C[C@@H](F)CN2C(=O)CC2=CNNN2)c2ccc(F)cc2)cc1F. The second-order valence-corrected chi connectivity index (χ2v) is 9.06. The Morgan fingerprint density at radius 1 is 1.11 bits per heavy atom. The molecule has 0 spiro atoms. The highest BCUT2D eigenvalue weighted by Crippen LogP contribution is 2.29. The first-order chi connectivity index (χ1) is 16.7. The average molecular weight is 488 g/mol. The number of carbonyl (C=O) groups is 2. The normalized spacial score (nSPS) is 20.3. The molecule has 186 valence electrons. The molecule has 0 radical (unpaired) electrons. The summed E-state index contributed by atoms with van der Waals surface area (Å²) in [5, 5.41) is 2.84. The molecular formula is C25H28F3N5O2. The number of benzene rings is 2. The summed E-state index contributed by atoms with van der Waals surface area (Å²) in [6, 6.07) is 8.38. The number of halogens is 3. The first-order valence-electron chi connectivity index (χ1n) is 11.5. The molecule has 0 unspecified atom stereocenters. The maximum absolute atomic E-state index is 14.8. The lowest BCUT2D eigenvalue weighted by Crippen LogP contribution is -2.47. The summed E-state index contributed by atoms with van der Waals surface area (Å²) in [5.74, 6) is -1.87. The highest BCUT2D eigenvalue weighted by molar-refractivity contribution is 5.89. The van der Waals surface area contributed by atoms with Crippen molar-refractivity contribution in [1.82, 2.24) is 26.6 Å². The Bertz CT molecular complexity index is 1120. The van der Waals surface area contributed by atoms with Crippen molar-refractivity contribution in [2.24, 2.45) is 0 Å². The van der Waals surface area contributed by atoms with Gasteiger partial charge < -0.3 is 21.1 Å². The van der Waals surface area contributed by atoms with Gasteiger partial charge in [-0.3, -0.25) is 9.59 Å². The minimum Gasteiger partial charge on any atom is -0.343 e. The molecule has 7 nitrogen and oxygen atoms in total. The highest BCUT2D eigenvalue weighted by Gasteiger charge is 2.40. The number of hydrazine groups is 2. The number of rotatable bonds is 7. The van der Waals surface area contributed by atoms with Gasteiger partial charge >= 0.3 is 0 Å². The molecule has 0 aromatic heterocycles. The van der Waals surface area contributed by atoms with Crippen LogP contribution in [-0.2, 0) is 9.59 Å². The molecule has 2 aliphatic rings. The smallest absolute Gasteiger partial charge is 0.243 e. The van der Waals surface area contributed by atoms with E-state index in [1.807, 2.05) is 13.8 Å². The van der Waals surface area contributed by atoms with Gasteiger partial charge in [0.15, 0.2) is 0 Å². The lowest BCUT2D eigenvalue weighted by Gasteiger charge is -2.27. The van der Waals surface area contributed by atoms with Crippen molar-refractivity contribution in [3.8, 4) is 0 Å². The second-order valence-electron chi connectivity index (χ2n) is 9.06. The van der Waals surface area contributed by atoms with Crippen LogP contribution in [0.3, 0.4) is 0 Å². The summed E-state index contributed by atoms with van der Waals surface area (Å²) in [6.45, 7) is 3.56. The third-order valence-corrected chi connectivity index (χ3v) is 6.23. The minimum atomic E-state index is -1.34. The van der Waals surface area contributed by atoms with Gasteiger partial charge in [0.25, 0.3) is 0 Å². The van der Waals surface area contributed by atoms with Gasteiger partial charge in [0.1, 0.15) is 23.8 Å². The Labute approximate surface area is 201 Å². The minimum absolute atomic E-state index is 0.0302. The monoisotopic (exact) mass is 487 g/mol. The fraction of sp³-hybridized carbons (Fsp3) is 0.360. The molecule has 35 heavy (non-hydrogen) atoms. The van der Waals surface area contributed by atoms with Crippen LogP contribution in [0.15, 0.2) is 54.4 Å². The molecule has 0 aliphatic carbocycles. The lowest BCUT2D eigenvalue weighted by molar-refractivity contribution is -0.138. The molecule has 4 rings (SSSR count). The molecule has 1 fully saturated rings. The van der Waals surface area contributed by atoms with Crippen molar-refractivity contribution in [3.05, 3.63) is 82.7 Å². The molecule has 3 atom stereocenters. The van der Waals surface area contributed by atoms with E-state index in [0.29, 0.717) is 22.4 Å². The number of hydrogen-bond donors (Lipinski definition) is 4. The lowest BCUT2D eigenvalue weighted by atomic mass is 9.94. The van der Waals surface area contributed by atoms with Gasteiger partial charge in [0.2, 0.25) is 11.8 Å². The van der Waals surface area contributed by atoms with Crippen molar-refractivity contribution in [1.29, 1.82) is 0 Å². The predicted octanol–water partition coefficient (Wildman–Crippen LogP) is 3.08. The van der Waals surface area contributed by atoms with Crippen LogP contribution < -0.4 is 21.7 Å². The number of nitrogens with zero attached hydrogens (tertiary/aromatic N) is 1. The molecule has 0 saturated carbocycles. The van der Waals surface area contributed by atoms with Crippen LogP contribution in [0, 0.1) is 11.6 Å². The fourth-order valence-corrected chi connectivity index (χ4v) is 4.39. The number of hydrogen-bond acceptors (Lipinski definition) is 5. The molecule has 2 aromatic carbocycles. The Morgan fingerprint density at radius 2 is 1.83 bits per heavy atom. The zero-order valence-corrected chi connectivity index (χ0v) is 19.4. The Hall–Kier alpha value is -3.53. The van der Waals surface area contributed by atoms with Gasteiger partial charge in [0, 0.05) is 12.6 Å². The van der Waals surface area contributed by atoms with Crippen LogP contribution in [0.2, 0.25) is 0 Å². The van der Waals surface area contributed by atoms with Gasteiger partial charge in [0.05, 0.1) is 24.7 Å². The van der Waals surface area contributed by atoms with Crippen molar-refractivity contribution < 1.29 is 22.8 Å². The van der Waals surface area contributed by atoms with E-state index in [0.717, 1.165) is 0 Å². The van der Waals surface area contributed by atoms with Gasteiger partial charge in [-0.1, -0.05) is 38.1 Å². The zero-order valence-electron chi connectivity index (χ0n) is 19.4. The highest BCUT2D eigenvalue weighted by atomic mass is 19.1. The molecule has 2 heterocycles. The van der Waals surface area contributed by atoms with Crippen LogP contribution in [0.1, 0.15) is 55.3 Å². The van der Waals surface area contributed by atoms with Crippen molar-refractivity contribution in [3.63, 3.8) is 0 Å². The van der Waals surface area contributed by atoms with E-state index in [1.54, 1.807) is 18.3 Å². The quantitative estimate of drug-likeness (QED) is 0.483. The van der Waals surface area contributed by atoms with Crippen LogP contribution in [0.25, 0.3) is 0 Å². The van der Waals surface area contributed by atoms with Crippen LogP contribution in [0.5, 0.6) is 0 Å². The van der Waals surface area contributed by atoms with E-state index in [4.69, 9.17) is 0 Å². The van der Waals surface area contributed by atoms with Gasteiger partial charge in [-0.05, 0) is 40.8 Å². The van der Waals surface area contributed by atoms with Crippen molar-refractivity contribution in [2.45, 2.75) is 50.9 Å². The molecule has 2 aliphatic heterocycles. The van der Waals surface area contributed by atoms with E-state index >= 15 is 0 Å². The molecule has 0 bridgehead atoms. The average Bonchev–Trinajstić information content (AvgIpc) is 3.47. The summed E-state index contributed by atoms with van der Waals surface area (Å²) in [5.41, 5.74) is 10.1. The topological polar surface area (TPSA) is 85.5 Å². The van der Waals surface area contributed by atoms with E-state index in [1.165, 1.54) is 35.2 Å². The van der Waals surface area contributed by atoms with Gasteiger partial charge in [-0.25, -0.2) is 13.2 Å². The summed E-state index contributed by atoms with van der Waals surface area (Å²) >= 11 is 0. The number of carbonyl (C=O) groups excluding carboxylic acids is 2. The third-order valence-electron chi connectivity index (χ3n) is 6.23. The zero-order chi connectivity index (χ0) is 25.1. The van der Waals surface area contributed by atoms with Crippen molar-refractivity contribution in [2.75, 3.05) is 6.54 Å². The van der Waals surface area contributed by atoms with Gasteiger partial charge in [-0.15, -0.1) is 0 Å². The van der Waals surface area contributed by atoms with E-state index < -0.39 is 41.7 Å². The summed E-state index contributed by atoms with van der Waals surface area (Å²) < 4.78 is 42.7. The Balaban J connectivity index is 1.59. The molecule has 2 amide bonds. The molecule has 10 heteroatoms. The largest absolute Gasteiger partial charge is 0.343 e. The maximum Gasteiger partial charge on any atom is 0.243 e. The first-order valence-corrected chi connectivity index (χ1v) is 11.5. The van der Waals surface area contributed by atoms with Crippen LogP contribution in [-0.4, -0.2) is 35.5 Å². The van der Waals surface area contributed by atoms with Crippen LogP contribution >= 0.6 is 0 Å². The first kappa shape index (κ1) is 24.6. The molecule has 4 N–H and O–H groups in total. The number of likely N-dealkylation sites (tertiary alicyclic amines) is 1. The Kier molecular flexibility index (Phi) is 7.30. The number of nitrogens with one attached hydrogen (secondary N) is 4. The summed E-state index contributed by atoms with van der Waals surface area (Å²) in [6.07, 6.45) is 0.0380. The predicted molar refractivity (Wildman–Crippen MR) is 124 cm³/mol. The van der Waals surface area contributed by atoms with E-state index in [-0.39, 0.29) is 25.3 Å². The molecular weight excluding hydrogens is 459 g/mol.